The molecule has 0 radical (unpaired) electrons. The Morgan fingerprint density at radius 1 is 1.57 bits per heavy atom. The van der Waals surface area contributed by atoms with Gasteiger partial charge in [0.25, 0.3) is 5.91 Å². The van der Waals surface area contributed by atoms with E-state index in [1.807, 2.05) is 0 Å². The number of hydrogen-bond acceptors (Lipinski definition) is 6. The molecule has 0 fully saturated rings. The first-order valence-electron chi connectivity index (χ1n) is 6.44. The summed E-state index contributed by atoms with van der Waals surface area (Å²) < 4.78 is 4.85. The molecule has 6 nitrogen and oxygen atoms in total. The van der Waals surface area contributed by atoms with E-state index in [4.69, 9.17) is 9.63 Å². The summed E-state index contributed by atoms with van der Waals surface area (Å²) in [7, 11) is 0. The summed E-state index contributed by atoms with van der Waals surface area (Å²) in [6, 6.07) is 1.74. The number of aromatic nitrogens is 2. The molecule has 0 bridgehead atoms. The summed E-state index contributed by atoms with van der Waals surface area (Å²) in [5.41, 5.74) is 0.581. The molecule has 0 spiro atoms. The Labute approximate surface area is 126 Å². The number of thiophene rings is 1. The number of aliphatic hydroxyl groups is 1. The molecular formula is C14H15N3O3S. The normalized spacial score (nSPS) is 10.0. The van der Waals surface area contributed by atoms with Crippen LogP contribution >= 0.6 is 11.3 Å². The van der Waals surface area contributed by atoms with Gasteiger partial charge in [-0.2, -0.15) is 4.98 Å². The standard InChI is InChI=1S/C14H15N3O3S/c1-10-16-13(17-20-10)5-6-15-14(19)11-8-12(21-9-11)4-2-3-7-18/h8-9,18H,3,5-7H2,1H3,(H,15,19). The zero-order chi connectivity index (χ0) is 15.1. The Morgan fingerprint density at radius 2 is 2.43 bits per heavy atom. The summed E-state index contributed by atoms with van der Waals surface area (Å²) in [4.78, 5) is 16.8. The second kappa shape index (κ2) is 7.57. The van der Waals surface area contributed by atoms with Gasteiger partial charge in [-0.15, -0.1) is 11.3 Å². The molecule has 0 unspecified atom stereocenters. The van der Waals surface area contributed by atoms with Crippen LogP contribution in [-0.4, -0.2) is 34.3 Å². The molecule has 0 saturated heterocycles. The second-order valence-electron chi connectivity index (χ2n) is 4.21. The highest BCUT2D eigenvalue weighted by Gasteiger charge is 2.08. The summed E-state index contributed by atoms with van der Waals surface area (Å²) in [5.74, 6) is 6.66. The minimum absolute atomic E-state index is 0.0429. The van der Waals surface area contributed by atoms with Gasteiger partial charge in [-0.25, -0.2) is 0 Å². The van der Waals surface area contributed by atoms with Crippen LogP contribution in [0.1, 0.15) is 33.4 Å². The Balaban J connectivity index is 1.82. The number of carbonyl (C=O) groups excluding carboxylic acids is 1. The minimum Gasteiger partial charge on any atom is -0.395 e. The third-order valence-corrected chi connectivity index (χ3v) is 3.36. The molecule has 2 rings (SSSR count). The van der Waals surface area contributed by atoms with E-state index in [0.717, 1.165) is 4.88 Å². The van der Waals surface area contributed by atoms with E-state index in [-0.39, 0.29) is 12.5 Å². The monoisotopic (exact) mass is 305 g/mol. The molecule has 0 aliphatic carbocycles. The van der Waals surface area contributed by atoms with Gasteiger partial charge in [0.05, 0.1) is 17.0 Å². The largest absolute Gasteiger partial charge is 0.395 e. The van der Waals surface area contributed by atoms with E-state index in [1.165, 1.54) is 11.3 Å². The first kappa shape index (κ1) is 15.2. The van der Waals surface area contributed by atoms with E-state index in [1.54, 1.807) is 18.4 Å². The van der Waals surface area contributed by atoms with Crippen LogP contribution in [0.15, 0.2) is 16.0 Å². The molecule has 110 valence electrons. The maximum Gasteiger partial charge on any atom is 0.252 e. The smallest absolute Gasteiger partial charge is 0.252 e. The molecule has 7 heteroatoms. The maximum atomic E-state index is 11.9. The highest BCUT2D eigenvalue weighted by atomic mass is 32.1. The van der Waals surface area contributed by atoms with Crippen molar-refractivity contribution in [1.82, 2.24) is 15.5 Å². The van der Waals surface area contributed by atoms with Crippen LogP contribution in [-0.2, 0) is 6.42 Å². The van der Waals surface area contributed by atoms with E-state index in [9.17, 15) is 4.79 Å². The van der Waals surface area contributed by atoms with E-state index >= 15 is 0 Å². The topological polar surface area (TPSA) is 88.2 Å². The van der Waals surface area contributed by atoms with Crippen molar-refractivity contribution in [3.8, 4) is 11.8 Å². The van der Waals surface area contributed by atoms with Gasteiger partial charge in [0.2, 0.25) is 5.89 Å². The van der Waals surface area contributed by atoms with E-state index in [2.05, 4.69) is 27.3 Å². The number of hydrogen-bond donors (Lipinski definition) is 2. The van der Waals surface area contributed by atoms with Gasteiger partial charge >= 0.3 is 0 Å². The van der Waals surface area contributed by atoms with Crippen molar-refractivity contribution in [2.24, 2.45) is 0 Å². The lowest BCUT2D eigenvalue weighted by Gasteiger charge is -2.00. The van der Waals surface area contributed by atoms with Crippen molar-refractivity contribution in [3.63, 3.8) is 0 Å². The number of amides is 1. The number of aliphatic hydroxyl groups excluding tert-OH is 1. The van der Waals surface area contributed by atoms with Crippen molar-refractivity contribution >= 4 is 17.2 Å². The lowest BCUT2D eigenvalue weighted by molar-refractivity contribution is 0.0954. The van der Waals surface area contributed by atoms with Crippen molar-refractivity contribution in [1.29, 1.82) is 0 Å². The average Bonchev–Trinajstić information content (AvgIpc) is 3.08. The second-order valence-corrected chi connectivity index (χ2v) is 5.12. The summed E-state index contributed by atoms with van der Waals surface area (Å²) in [6.45, 7) is 2.21. The predicted molar refractivity (Wildman–Crippen MR) is 78.0 cm³/mol. The van der Waals surface area contributed by atoms with Gasteiger partial charge in [-0.05, 0) is 6.07 Å². The van der Waals surface area contributed by atoms with Gasteiger partial charge in [0.1, 0.15) is 0 Å². The lowest BCUT2D eigenvalue weighted by atomic mass is 10.3. The molecule has 2 aromatic heterocycles. The zero-order valence-electron chi connectivity index (χ0n) is 11.5. The summed E-state index contributed by atoms with van der Waals surface area (Å²) >= 11 is 1.41. The molecule has 0 atom stereocenters. The average molecular weight is 305 g/mol. The van der Waals surface area contributed by atoms with Gasteiger partial charge in [-0.3, -0.25) is 4.79 Å². The SMILES string of the molecule is Cc1nc(CCNC(=O)c2csc(C#CCCO)c2)no1. The van der Waals surface area contributed by atoms with Crippen molar-refractivity contribution < 1.29 is 14.4 Å². The van der Waals surface area contributed by atoms with Crippen molar-refractivity contribution in [2.45, 2.75) is 19.8 Å². The summed E-state index contributed by atoms with van der Waals surface area (Å²) in [6.07, 6.45) is 0.958. The van der Waals surface area contributed by atoms with Crippen LogP contribution in [0.25, 0.3) is 0 Å². The first-order chi connectivity index (χ1) is 10.2. The molecule has 2 heterocycles. The number of nitrogens with one attached hydrogen (secondary N) is 1. The summed E-state index contributed by atoms with van der Waals surface area (Å²) in [5, 5.41) is 17.0. The van der Waals surface area contributed by atoms with Crippen LogP contribution in [0.2, 0.25) is 0 Å². The minimum atomic E-state index is -0.151. The number of carbonyl (C=O) groups is 1. The van der Waals surface area contributed by atoms with E-state index in [0.29, 0.717) is 36.7 Å². The van der Waals surface area contributed by atoms with Crippen LogP contribution in [0.5, 0.6) is 0 Å². The van der Waals surface area contributed by atoms with Crippen LogP contribution in [0.4, 0.5) is 0 Å². The molecule has 2 aromatic rings. The highest BCUT2D eigenvalue weighted by Crippen LogP contribution is 2.13. The molecule has 0 saturated carbocycles. The fourth-order valence-electron chi connectivity index (χ4n) is 1.56. The molecule has 0 aliphatic rings. The lowest BCUT2D eigenvalue weighted by Crippen LogP contribution is -2.25. The first-order valence-corrected chi connectivity index (χ1v) is 7.32. The molecule has 0 aliphatic heterocycles. The Morgan fingerprint density at radius 3 is 3.14 bits per heavy atom. The maximum absolute atomic E-state index is 11.9. The van der Waals surface area contributed by atoms with Crippen molar-refractivity contribution in [2.75, 3.05) is 13.2 Å². The number of aryl methyl sites for hydroxylation is 1. The quantitative estimate of drug-likeness (QED) is 0.809. The van der Waals surface area contributed by atoms with Gasteiger partial charge in [-0.1, -0.05) is 17.0 Å². The van der Waals surface area contributed by atoms with Crippen LogP contribution < -0.4 is 5.32 Å². The van der Waals surface area contributed by atoms with Crippen LogP contribution in [0, 0.1) is 18.8 Å². The molecule has 0 aromatic carbocycles. The molecule has 21 heavy (non-hydrogen) atoms. The fraction of sp³-hybridized carbons (Fsp3) is 0.357. The number of rotatable bonds is 5. The fourth-order valence-corrected chi connectivity index (χ4v) is 2.31. The predicted octanol–water partition coefficient (Wildman–Crippen LogP) is 1.15. The Bertz CT molecular complexity index is 666. The third kappa shape index (κ3) is 4.70. The van der Waals surface area contributed by atoms with Gasteiger partial charge in [0.15, 0.2) is 5.82 Å². The Kier molecular flexibility index (Phi) is 5.49. The van der Waals surface area contributed by atoms with E-state index < -0.39 is 0 Å². The highest BCUT2D eigenvalue weighted by molar-refractivity contribution is 7.10. The Hall–Kier alpha value is -2.17. The molecule has 2 N–H and O–H groups in total. The molecular weight excluding hydrogens is 290 g/mol. The zero-order valence-corrected chi connectivity index (χ0v) is 12.4. The third-order valence-electron chi connectivity index (χ3n) is 2.51. The molecule has 1 amide bonds. The van der Waals surface area contributed by atoms with Gasteiger partial charge < -0.3 is 14.9 Å². The van der Waals surface area contributed by atoms with Crippen LogP contribution in [0.3, 0.4) is 0 Å². The van der Waals surface area contributed by atoms with Gasteiger partial charge in [0, 0.05) is 31.7 Å². The van der Waals surface area contributed by atoms with Crippen molar-refractivity contribution in [3.05, 3.63) is 33.6 Å². The number of nitrogens with zero attached hydrogens (tertiary/aromatic N) is 2.